The Balaban J connectivity index is 1.87. The molecule has 0 aromatic heterocycles. The maximum absolute atomic E-state index is 12.1. The highest BCUT2D eigenvalue weighted by atomic mass is 16.6. The van der Waals surface area contributed by atoms with Crippen molar-refractivity contribution in [2.45, 2.75) is 45.3 Å². The smallest absolute Gasteiger partial charge is 0.410 e. The number of hydrogen-bond donors (Lipinski definition) is 0. The lowest BCUT2D eigenvalue weighted by molar-refractivity contribution is -0.121. The van der Waals surface area contributed by atoms with Gasteiger partial charge in [-0.3, -0.25) is 4.79 Å². The Hall–Kier alpha value is -1.84. The number of nitrogens with zero attached hydrogens (tertiary/aromatic N) is 1. The van der Waals surface area contributed by atoms with Gasteiger partial charge in [-0.2, -0.15) is 0 Å². The van der Waals surface area contributed by atoms with Crippen molar-refractivity contribution in [3.05, 3.63) is 35.9 Å². The number of ketones is 1. The summed E-state index contributed by atoms with van der Waals surface area (Å²) in [4.78, 5) is 25.2. The Kier molecular flexibility index (Phi) is 5.16. The lowest BCUT2D eigenvalue weighted by Crippen LogP contribution is -2.42. The van der Waals surface area contributed by atoms with Crippen LogP contribution in [0.1, 0.15) is 38.2 Å². The van der Waals surface area contributed by atoms with Gasteiger partial charge in [0.2, 0.25) is 0 Å². The molecule has 0 N–H and O–H groups in total. The van der Waals surface area contributed by atoms with E-state index in [0.717, 1.165) is 18.4 Å². The van der Waals surface area contributed by atoms with Crippen LogP contribution in [0, 0.1) is 0 Å². The van der Waals surface area contributed by atoms with Crippen molar-refractivity contribution in [3.63, 3.8) is 0 Å². The molecule has 0 aliphatic heterocycles. The van der Waals surface area contributed by atoms with Gasteiger partial charge < -0.3 is 9.64 Å². The Labute approximate surface area is 119 Å². The molecule has 0 bridgehead atoms. The van der Waals surface area contributed by atoms with E-state index in [-0.39, 0.29) is 12.1 Å². The summed E-state index contributed by atoms with van der Waals surface area (Å²) in [7, 11) is 0. The Morgan fingerprint density at radius 1 is 1.25 bits per heavy atom. The standard InChI is InChI=1S/C16H21NO3/c1-2-17(14-8-10-15(18)11-9-14)16(19)20-12-13-6-4-3-5-7-13/h3-7,14H,2,8-12H2,1H3. The number of Topliss-reactive ketones (excluding diaryl/α,β-unsaturated/α-hetero) is 1. The third kappa shape index (κ3) is 3.83. The molecule has 1 fully saturated rings. The van der Waals surface area contributed by atoms with E-state index in [9.17, 15) is 9.59 Å². The van der Waals surface area contributed by atoms with Crippen molar-refractivity contribution in [1.82, 2.24) is 4.90 Å². The summed E-state index contributed by atoms with van der Waals surface area (Å²) in [6.45, 7) is 2.86. The van der Waals surface area contributed by atoms with E-state index in [0.29, 0.717) is 31.8 Å². The molecule has 1 aliphatic rings. The maximum atomic E-state index is 12.1. The monoisotopic (exact) mass is 275 g/mol. The molecular weight excluding hydrogens is 254 g/mol. The lowest BCUT2D eigenvalue weighted by Gasteiger charge is -2.32. The second kappa shape index (κ2) is 7.08. The molecule has 1 aromatic rings. The summed E-state index contributed by atoms with van der Waals surface area (Å²) in [6, 6.07) is 9.79. The van der Waals surface area contributed by atoms with E-state index in [1.54, 1.807) is 4.90 Å². The Morgan fingerprint density at radius 2 is 1.90 bits per heavy atom. The molecule has 1 amide bonds. The molecule has 1 aromatic carbocycles. The molecule has 4 nitrogen and oxygen atoms in total. The number of carbonyl (C=O) groups excluding carboxylic acids is 2. The molecule has 0 spiro atoms. The number of hydrogen-bond acceptors (Lipinski definition) is 3. The van der Waals surface area contributed by atoms with E-state index in [2.05, 4.69) is 0 Å². The number of amides is 1. The zero-order chi connectivity index (χ0) is 14.4. The Morgan fingerprint density at radius 3 is 2.50 bits per heavy atom. The third-order valence-electron chi connectivity index (χ3n) is 3.73. The first-order chi connectivity index (χ1) is 9.70. The highest BCUT2D eigenvalue weighted by Gasteiger charge is 2.27. The molecule has 0 saturated heterocycles. The number of ether oxygens (including phenoxy) is 1. The van der Waals surface area contributed by atoms with Crippen molar-refractivity contribution >= 4 is 11.9 Å². The van der Waals surface area contributed by atoms with Crippen LogP contribution in [-0.2, 0) is 16.1 Å². The minimum absolute atomic E-state index is 0.140. The van der Waals surface area contributed by atoms with Crippen LogP contribution in [-0.4, -0.2) is 29.4 Å². The van der Waals surface area contributed by atoms with Crippen molar-refractivity contribution < 1.29 is 14.3 Å². The average molecular weight is 275 g/mol. The molecule has 4 heteroatoms. The fourth-order valence-corrected chi connectivity index (χ4v) is 2.57. The third-order valence-corrected chi connectivity index (χ3v) is 3.73. The summed E-state index contributed by atoms with van der Waals surface area (Å²) in [5.41, 5.74) is 0.982. The second-order valence-corrected chi connectivity index (χ2v) is 5.10. The molecule has 0 atom stereocenters. The molecule has 0 radical (unpaired) electrons. The SMILES string of the molecule is CCN(C(=O)OCc1ccccc1)C1CCC(=O)CC1. The van der Waals surface area contributed by atoms with E-state index < -0.39 is 0 Å². The summed E-state index contributed by atoms with van der Waals surface area (Å²) < 4.78 is 5.36. The van der Waals surface area contributed by atoms with Crippen LogP contribution in [0.4, 0.5) is 4.79 Å². The molecule has 2 rings (SSSR count). The molecule has 108 valence electrons. The highest BCUT2D eigenvalue weighted by molar-refractivity contribution is 5.79. The van der Waals surface area contributed by atoms with Crippen LogP contribution in [0.3, 0.4) is 0 Å². The fourth-order valence-electron chi connectivity index (χ4n) is 2.57. The molecule has 0 heterocycles. The first kappa shape index (κ1) is 14.6. The maximum Gasteiger partial charge on any atom is 0.410 e. The Bertz CT molecular complexity index is 448. The number of carbonyl (C=O) groups is 2. The predicted octanol–water partition coefficient (Wildman–Crippen LogP) is 3.16. The fraction of sp³-hybridized carbons (Fsp3) is 0.500. The average Bonchev–Trinajstić information content (AvgIpc) is 2.49. The van der Waals surface area contributed by atoms with Gasteiger partial charge in [-0.05, 0) is 25.3 Å². The minimum atomic E-state index is -0.282. The summed E-state index contributed by atoms with van der Waals surface area (Å²) >= 11 is 0. The summed E-state index contributed by atoms with van der Waals surface area (Å²) in [6.07, 6.45) is 2.39. The summed E-state index contributed by atoms with van der Waals surface area (Å²) in [5, 5.41) is 0. The van der Waals surface area contributed by atoms with Crippen LogP contribution >= 0.6 is 0 Å². The summed E-state index contributed by atoms with van der Waals surface area (Å²) in [5.74, 6) is 0.301. The molecule has 1 saturated carbocycles. The quantitative estimate of drug-likeness (QED) is 0.848. The van der Waals surface area contributed by atoms with Gasteiger partial charge in [0.1, 0.15) is 12.4 Å². The van der Waals surface area contributed by atoms with E-state index in [1.807, 2.05) is 37.3 Å². The van der Waals surface area contributed by atoms with Crippen LogP contribution in [0.5, 0.6) is 0 Å². The van der Waals surface area contributed by atoms with Gasteiger partial charge in [0, 0.05) is 25.4 Å². The topological polar surface area (TPSA) is 46.6 Å². The zero-order valence-corrected chi connectivity index (χ0v) is 11.9. The minimum Gasteiger partial charge on any atom is -0.445 e. The second-order valence-electron chi connectivity index (χ2n) is 5.10. The zero-order valence-electron chi connectivity index (χ0n) is 11.9. The van der Waals surface area contributed by atoms with Crippen LogP contribution in [0.25, 0.3) is 0 Å². The van der Waals surface area contributed by atoms with E-state index in [4.69, 9.17) is 4.74 Å². The van der Waals surface area contributed by atoms with Gasteiger partial charge in [-0.15, -0.1) is 0 Å². The normalized spacial score (nSPS) is 15.9. The molecule has 1 aliphatic carbocycles. The van der Waals surface area contributed by atoms with Crippen LogP contribution in [0.2, 0.25) is 0 Å². The van der Waals surface area contributed by atoms with Crippen LogP contribution < -0.4 is 0 Å². The van der Waals surface area contributed by atoms with E-state index in [1.165, 1.54) is 0 Å². The van der Waals surface area contributed by atoms with Gasteiger partial charge in [0.15, 0.2) is 0 Å². The highest BCUT2D eigenvalue weighted by Crippen LogP contribution is 2.21. The van der Waals surface area contributed by atoms with Gasteiger partial charge in [0.25, 0.3) is 0 Å². The first-order valence-electron chi connectivity index (χ1n) is 7.19. The van der Waals surface area contributed by atoms with Crippen molar-refractivity contribution in [2.24, 2.45) is 0 Å². The largest absolute Gasteiger partial charge is 0.445 e. The molecule has 0 unspecified atom stereocenters. The van der Waals surface area contributed by atoms with Crippen molar-refractivity contribution in [2.75, 3.05) is 6.54 Å². The lowest BCUT2D eigenvalue weighted by atomic mass is 9.93. The van der Waals surface area contributed by atoms with Gasteiger partial charge >= 0.3 is 6.09 Å². The van der Waals surface area contributed by atoms with E-state index >= 15 is 0 Å². The van der Waals surface area contributed by atoms with Crippen molar-refractivity contribution in [1.29, 1.82) is 0 Å². The van der Waals surface area contributed by atoms with Crippen molar-refractivity contribution in [3.8, 4) is 0 Å². The molecular formula is C16H21NO3. The van der Waals surface area contributed by atoms with Gasteiger partial charge in [-0.25, -0.2) is 4.79 Å². The number of benzene rings is 1. The first-order valence-corrected chi connectivity index (χ1v) is 7.19. The number of rotatable bonds is 4. The van der Waals surface area contributed by atoms with Gasteiger partial charge in [0.05, 0.1) is 0 Å². The predicted molar refractivity (Wildman–Crippen MR) is 76.3 cm³/mol. The molecule has 20 heavy (non-hydrogen) atoms. The van der Waals surface area contributed by atoms with Gasteiger partial charge in [-0.1, -0.05) is 30.3 Å². The van der Waals surface area contributed by atoms with Crippen LogP contribution in [0.15, 0.2) is 30.3 Å².